The maximum absolute atomic E-state index is 13.8. The molecule has 2 atom stereocenters. The standard InChI is InChI=1S/C28H28N4O6/c1-18(20-12-8-5-9-13-20)32-26(35)28(29-27(32)36,17-19-10-6-4-7-11-19)25(34)31-30-24(33)21-14-22(37-2)16-23(15-21)38-3/h4-16,18H,17H2,1-3H3,(H,29,36)(H,30,33)(H,31,34)/t18-,28?/m1/s1. The summed E-state index contributed by atoms with van der Waals surface area (Å²) in [6.07, 6.45) is -0.120. The summed E-state index contributed by atoms with van der Waals surface area (Å²) in [5, 5.41) is 2.60. The Morgan fingerprint density at radius 1 is 0.895 bits per heavy atom. The molecule has 0 saturated carbocycles. The first kappa shape index (κ1) is 26.2. The molecule has 1 heterocycles. The number of nitrogens with one attached hydrogen (secondary N) is 3. The van der Waals surface area contributed by atoms with E-state index in [0.29, 0.717) is 17.1 Å². The lowest BCUT2D eigenvalue weighted by atomic mass is 9.89. The van der Waals surface area contributed by atoms with Crippen molar-refractivity contribution in [3.8, 4) is 11.5 Å². The van der Waals surface area contributed by atoms with Crippen LogP contribution < -0.4 is 25.6 Å². The third-order valence-corrected chi connectivity index (χ3v) is 6.40. The molecular weight excluding hydrogens is 488 g/mol. The number of urea groups is 1. The van der Waals surface area contributed by atoms with E-state index in [2.05, 4.69) is 16.2 Å². The molecule has 10 heteroatoms. The van der Waals surface area contributed by atoms with Gasteiger partial charge in [-0.15, -0.1) is 0 Å². The zero-order chi connectivity index (χ0) is 27.3. The van der Waals surface area contributed by atoms with Crippen LogP contribution in [0.4, 0.5) is 4.79 Å². The molecule has 5 amide bonds. The van der Waals surface area contributed by atoms with Gasteiger partial charge in [-0.05, 0) is 30.2 Å². The van der Waals surface area contributed by atoms with Gasteiger partial charge in [0.1, 0.15) is 11.5 Å². The lowest BCUT2D eigenvalue weighted by Crippen LogP contribution is -2.63. The van der Waals surface area contributed by atoms with Crippen molar-refractivity contribution in [1.82, 2.24) is 21.1 Å². The van der Waals surface area contributed by atoms with E-state index < -0.39 is 35.3 Å². The highest BCUT2D eigenvalue weighted by Gasteiger charge is 2.58. The maximum atomic E-state index is 13.8. The van der Waals surface area contributed by atoms with Gasteiger partial charge in [0.25, 0.3) is 17.7 Å². The SMILES string of the molecule is COc1cc(OC)cc(C(=O)NNC(=O)C2(Cc3ccccc3)NC(=O)N([C@H](C)c3ccccc3)C2=O)c1. The third-order valence-electron chi connectivity index (χ3n) is 6.40. The van der Waals surface area contributed by atoms with E-state index in [4.69, 9.17) is 9.47 Å². The zero-order valence-electron chi connectivity index (χ0n) is 21.2. The lowest BCUT2D eigenvalue weighted by molar-refractivity contribution is -0.141. The average Bonchev–Trinajstić information content (AvgIpc) is 3.21. The van der Waals surface area contributed by atoms with Crippen molar-refractivity contribution in [2.24, 2.45) is 0 Å². The molecule has 0 aromatic heterocycles. The van der Waals surface area contributed by atoms with E-state index in [9.17, 15) is 19.2 Å². The van der Waals surface area contributed by atoms with Crippen molar-refractivity contribution < 1.29 is 28.7 Å². The van der Waals surface area contributed by atoms with Crippen LogP contribution >= 0.6 is 0 Å². The summed E-state index contributed by atoms with van der Waals surface area (Å²) >= 11 is 0. The van der Waals surface area contributed by atoms with Crippen LogP contribution in [0.2, 0.25) is 0 Å². The number of amides is 5. The van der Waals surface area contributed by atoms with E-state index in [1.165, 1.54) is 26.4 Å². The van der Waals surface area contributed by atoms with Crippen molar-refractivity contribution in [3.05, 3.63) is 95.6 Å². The molecule has 1 aliphatic rings. The van der Waals surface area contributed by atoms with Crippen LogP contribution in [0, 0.1) is 0 Å². The third kappa shape index (κ3) is 5.15. The Balaban J connectivity index is 1.61. The number of nitrogens with zero attached hydrogens (tertiary/aromatic N) is 1. The number of ether oxygens (including phenoxy) is 2. The number of hydrogen-bond acceptors (Lipinski definition) is 6. The quantitative estimate of drug-likeness (QED) is 0.240. The number of hydrazine groups is 1. The van der Waals surface area contributed by atoms with Gasteiger partial charge in [0, 0.05) is 18.1 Å². The Bertz CT molecular complexity index is 1330. The molecule has 4 rings (SSSR count). The molecule has 38 heavy (non-hydrogen) atoms. The average molecular weight is 517 g/mol. The minimum absolute atomic E-state index is 0.120. The normalized spacial score (nSPS) is 17.4. The second-order valence-electron chi connectivity index (χ2n) is 8.77. The monoisotopic (exact) mass is 516 g/mol. The highest BCUT2D eigenvalue weighted by Crippen LogP contribution is 2.31. The smallest absolute Gasteiger partial charge is 0.326 e. The second-order valence-corrected chi connectivity index (χ2v) is 8.77. The van der Waals surface area contributed by atoms with Gasteiger partial charge in [-0.25, -0.2) is 4.79 Å². The van der Waals surface area contributed by atoms with E-state index >= 15 is 0 Å². The number of benzene rings is 3. The topological polar surface area (TPSA) is 126 Å². The Morgan fingerprint density at radius 3 is 2.05 bits per heavy atom. The van der Waals surface area contributed by atoms with Crippen molar-refractivity contribution in [2.45, 2.75) is 24.9 Å². The summed E-state index contributed by atoms with van der Waals surface area (Å²) in [4.78, 5) is 54.4. The van der Waals surface area contributed by atoms with Gasteiger partial charge in [-0.1, -0.05) is 60.7 Å². The highest BCUT2D eigenvalue weighted by molar-refractivity contribution is 6.20. The van der Waals surface area contributed by atoms with Crippen LogP contribution in [0.1, 0.15) is 34.5 Å². The van der Waals surface area contributed by atoms with Crippen molar-refractivity contribution in [1.29, 1.82) is 0 Å². The van der Waals surface area contributed by atoms with Crippen LogP contribution in [-0.4, -0.2) is 48.4 Å². The van der Waals surface area contributed by atoms with E-state index in [-0.39, 0.29) is 12.0 Å². The van der Waals surface area contributed by atoms with Gasteiger partial charge in [-0.2, -0.15) is 0 Å². The van der Waals surface area contributed by atoms with Crippen LogP contribution in [0.3, 0.4) is 0 Å². The first-order chi connectivity index (χ1) is 18.3. The highest BCUT2D eigenvalue weighted by atomic mass is 16.5. The molecule has 3 aromatic rings. The minimum Gasteiger partial charge on any atom is -0.497 e. The Labute approximate surface area is 219 Å². The molecule has 1 aliphatic heterocycles. The molecule has 0 bridgehead atoms. The van der Waals surface area contributed by atoms with Crippen molar-refractivity contribution in [2.75, 3.05) is 14.2 Å². The van der Waals surface area contributed by atoms with Crippen LogP contribution in [0.25, 0.3) is 0 Å². The number of carbonyl (C=O) groups is 4. The lowest BCUT2D eigenvalue weighted by Gasteiger charge is -2.27. The van der Waals surface area contributed by atoms with Crippen LogP contribution in [0.5, 0.6) is 11.5 Å². The predicted octanol–water partition coefficient (Wildman–Crippen LogP) is 2.76. The molecular formula is C28H28N4O6. The van der Waals surface area contributed by atoms with Crippen LogP contribution in [-0.2, 0) is 16.0 Å². The van der Waals surface area contributed by atoms with Gasteiger partial charge >= 0.3 is 6.03 Å². The van der Waals surface area contributed by atoms with Crippen LogP contribution in [0.15, 0.2) is 78.9 Å². The minimum atomic E-state index is -1.99. The first-order valence-corrected chi connectivity index (χ1v) is 11.9. The number of methoxy groups -OCH3 is 2. The first-order valence-electron chi connectivity index (χ1n) is 11.9. The molecule has 196 valence electrons. The van der Waals surface area contributed by atoms with Gasteiger partial charge in [0.05, 0.1) is 20.3 Å². The molecule has 0 aliphatic carbocycles. The summed E-state index contributed by atoms with van der Waals surface area (Å²) < 4.78 is 10.4. The molecule has 1 saturated heterocycles. The number of rotatable bonds is 8. The molecule has 1 fully saturated rings. The largest absolute Gasteiger partial charge is 0.497 e. The Morgan fingerprint density at radius 2 is 1.47 bits per heavy atom. The molecule has 10 nitrogen and oxygen atoms in total. The van der Waals surface area contributed by atoms with Gasteiger partial charge in [0.15, 0.2) is 0 Å². The summed E-state index contributed by atoms with van der Waals surface area (Å²) in [6, 6.07) is 21.1. The van der Waals surface area contributed by atoms with E-state index in [1.54, 1.807) is 67.6 Å². The number of imide groups is 1. The maximum Gasteiger partial charge on any atom is 0.326 e. The molecule has 3 N–H and O–H groups in total. The van der Waals surface area contributed by atoms with Gasteiger partial charge in [0.2, 0.25) is 5.54 Å². The molecule has 0 spiro atoms. The van der Waals surface area contributed by atoms with Crippen molar-refractivity contribution in [3.63, 3.8) is 0 Å². The Kier molecular flexibility index (Phi) is 7.61. The van der Waals surface area contributed by atoms with Gasteiger partial charge < -0.3 is 14.8 Å². The van der Waals surface area contributed by atoms with Crippen molar-refractivity contribution >= 4 is 23.8 Å². The summed E-state index contributed by atoms with van der Waals surface area (Å²) in [5.41, 5.74) is 4.20. The summed E-state index contributed by atoms with van der Waals surface area (Å²) in [6.45, 7) is 1.71. The molecule has 0 radical (unpaired) electrons. The molecule has 3 aromatic carbocycles. The molecule has 1 unspecified atom stereocenters. The predicted molar refractivity (Wildman–Crippen MR) is 138 cm³/mol. The van der Waals surface area contributed by atoms with E-state index in [0.717, 1.165) is 10.5 Å². The summed E-state index contributed by atoms with van der Waals surface area (Å²) in [5.74, 6) is -1.52. The van der Waals surface area contributed by atoms with Gasteiger partial charge in [-0.3, -0.25) is 30.1 Å². The fourth-order valence-electron chi connectivity index (χ4n) is 4.31. The summed E-state index contributed by atoms with van der Waals surface area (Å²) in [7, 11) is 2.89. The number of hydrogen-bond donors (Lipinski definition) is 3. The fourth-order valence-corrected chi connectivity index (χ4v) is 4.31. The Hall–Kier alpha value is -4.86. The van der Waals surface area contributed by atoms with E-state index in [1.807, 2.05) is 6.07 Å². The number of carbonyl (C=O) groups excluding carboxylic acids is 4. The second kappa shape index (κ2) is 11.0. The fraction of sp³-hybridized carbons (Fsp3) is 0.214. The zero-order valence-corrected chi connectivity index (χ0v) is 21.2.